The highest BCUT2D eigenvalue weighted by Gasteiger charge is 2.41. The molecule has 1 saturated heterocycles. The van der Waals surface area contributed by atoms with Crippen LogP contribution in [0.25, 0.3) is 0 Å². The smallest absolute Gasteiger partial charge is 0.225 e. The molecule has 6 nitrogen and oxygen atoms in total. The summed E-state index contributed by atoms with van der Waals surface area (Å²) >= 11 is 0. The summed E-state index contributed by atoms with van der Waals surface area (Å²) in [4.78, 5) is 22.8. The Balaban J connectivity index is 1.55. The van der Waals surface area contributed by atoms with Crippen molar-refractivity contribution in [3.05, 3.63) is 46.8 Å². The Bertz CT molecular complexity index is 873. The van der Waals surface area contributed by atoms with E-state index in [-0.39, 0.29) is 11.4 Å². The summed E-state index contributed by atoms with van der Waals surface area (Å²) in [6.45, 7) is 5.79. The van der Waals surface area contributed by atoms with Gasteiger partial charge in [-0.1, -0.05) is 6.07 Å². The second kappa shape index (κ2) is 6.93. The summed E-state index contributed by atoms with van der Waals surface area (Å²) < 4.78 is 11.7. The third-order valence-electron chi connectivity index (χ3n) is 5.75. The molecule has 1 aromatic carbocycles. The molecule has 2 aliphatic heterocycles. The zero-order chi connectivity index (χ0) is 19.0. The van der Waals surface area contributed by atoms with Crippen LogP contribution >= 0.6 is 0 Å². The van der Waals surface area contributed by atoms with E-state index in [0.717, 1.165) is 50.4 Å². The number of piperidine rings is 1. The van der Waals surface area contributed by atoms with Crippen LogP contribution in [0.4, 0.5) is 5.95 Å². The molecule has 0 bridgehead atoms. The highest BCUT2D eigenvalue weighted by atomic mass is 16.5. The maximum Gasteiger partial charge on any atom is 0.225 e. The number of fused-ring (bicyclic) bond motifs is 2. The van der Waals surface area contributed by atoms with Gasteiger partial charge in [0.05, 0.1) is 30.6 Å². The Labute approximate surface area is 159 Å². The molecule has 1 spiro atoms. The fraction of sp³-hybridized carbons (Fsp3) is 0.476. The molecule has 1 fully saturated rings. The van der Waals surface area contributed by atoms with Gasteiger partial charge in [0, 0.05) is 19.3 Å². The minimum Gasteiger partial charge on any atom is -0.497 e. The number of methoxy groups -OCH3 is 1. The number of benzene rings is 1. The summed E-state index contributed by atoms with van der Waals surface area (Å²) in [5, 5.41) is 0. The van der Waals surface area contributed by atoms with E-state index < -0.39 is 0 Å². The normalized spacial score (nSPS) is 18.3. The first kappa shape index (κ1) is 17.9. The van der Waals surface area contributed by atoms with E-state index in [0.29, 0.717) is 11.5 Å². The molecular formula is C21H25N3O3. The molecule has 0 radical (unpaired) electrons. The van der Waals surface area contributed by atoms with Gasteiger partial charge >= 0.3 is 0 Å². The van der Waals surface area contributed by atoms with E-state index in [1.54, 1.807) is 20.2 Å². The van der Waals surface area contributed by atoms with E-state index in [2.05, 4.69) is 27.0 Å². The number of rotatable bonds is 3. The minimum absolute atomic E-state index is 0.000659. The molecule has 3 heterocycles. The standard InChI is InChI=1S/C21H25N3O3/c1-14-18(15(2)25)13-22-20(23-14)24-9-7-21(8-10-24)19-5-4-17(26-3)12-16(19)6-11-27-21/h4-5,12-13H,6-11H2,1-3H3. The number of aryl methyl sites for hydroxylation is 1. The number of ether oxygens (including phenoxy) is 2. The molecule has 2 aromatic rings. The summed E-state index contributed by atoms with van der Waals surface area (Å²) in [5.74, 6) is 1.59. The van der Waals surface area contributed by atoms with Crippen molar-refractivity contribution < 1.29 is 14.3 Å². The van der Waals surface area contributed by atoms with Crippen LogP contribution < -0.4 is 9.64 Å². The lowest BCUT2D eigenvalue weighted by Crippen LogP contribution is -2.47. The number of carbonyl (C=O) groups is 1. The summed E-state index contributed by atoms with van der Waals surface area (Å²) in [7, 11) is 1.70. The Morgan fingerprint density at radius 3 is 2.74 bits per heavy atom. The van der Waals surface area contributed by atoms with Crippen molar-refractivity contribution in [1.82, 2.24) is 9.97 Å². The molecule has 0 saturated carbocycles. The van der Waals surface area contributed by atoms with Crippen LogP contribution in [0, 0.1) is 6.92 Å². The highest BCUT2D eigenvalue weighted by molar-refractivity contribution is 5.94. The molecule has 2 aliphatic rings. The average molecular weight is 367 g/mol. The average Bonchev–Trinajstić information content (AvgIpc) is 2.68. The van der Waals surface area contributed by atoms with Crippen molar-refractivity contribution in [2.75, 3.05) is 31.7 Å². The Kier molecular flexibility index (Phi) is 4.60. The predicted molar refractivity (Wildman–Crippen MR) is 103 cm³/mol. The van der Waals surface area contributed by atoms with Crippen LogP contribution in [0.1, 0.15) is 46.9 Å². The van der Waals surface area contributed by atoms with Gasteiger partial charge in [-0.3, -0.25) is 4.79 Å². The molecular weight excluding hydrogens is 342 g/mol. The zero-order valence-electron chi connectivity index (χ0n) is 16.1. The first-order chi connectivity index (χ1) is 13.0. The van der Waals surface area contributed by atoms with Gasteiger partial charge in [-0.15, -0.1) is 0 Å². The third-order valence-corrected chi connectivity index (χ3v) is 5.75. The SMILES string of the molecule is COc1ccc2c(c1)CCOC21CCN(c2ncc(C(C)=O)c(C)n2)CC1. The third kappa shape index (κ3) is 3.18. The fourth-order valence-electron chi connectivity index (χ4n) is 4.22. The quantitative estimate of drug-likeness (QED) is 0.777. The molecule has 0 amide bonds. The number of aromatic nitrogens is 2. The van der Waals surface area contributed by atoms with Gasteiger partial charge in [-0.25, -0.2) is 9.97 Å². The largest absolute Gasteiger partial charge is 0.497 e. The van der Waals surface area contributed by atoms with Gasteiger partial charge in [0.1, 0.15) is 5.75 Å². The zero-order valence-corrected chi connectivity index (χ0v) is 16.1. The lowest BCUT2D eigenvalue weighted by molar-refractivity contribution is -0.0768. The van der Waals surface area contributed by atoms with E-state index in [9.17, 15) is 4.79 Å². The number of hydrogen-bond acceptors (Lipinski definition) is 6. The first-order valence-corrected chi connectivity index (χ1v) is 9.43. The van der Waals surface area contributed by atoms with Crippen molar-refractivity contribution in [3.8, 4) is 5.75 Å². The van der Waals surface area contributed by atoms with Crippen molar-refractivity contribution in [2.24, 2.45) is 0 Å². The molecule has 1 aromatic heterocycles. The topological polar surface area (TPSA) is 64.6 Å². The predicted octanol–water partition coefficient (Wildman–Crippen LogP) is 3.06. The van der Waals surface area contributed by atoms with Crippen LogP contribution in [0.2, 0.25) is 0 Å². The first-order valence-electron chi connectivity index (χ1n) is 9.43. The maximum absolute atomic E-state index is 11.6. The Morgan fingerprint density at radius 2 is 2.07 bits per heavy atom. The fourth-order valence-corrected chi connectivity index (χ4v) is 4.22. The highest BCUT2D eigenvalue weighted by Crippen LogP contribution is 2.42. The molecule has 0 unspecified atom stereocenters. The molecule has 0 N–H and O–H groups in total. The van der Waals surface area contributed by atoms with Crippen LogP contribution in [-0.2, 0) is 16.8 Å². The van der Waals surface area contributed by atoms with Crippen LogP contribution in [0.3, 0.4) is 0 Å². The van der Waals surface area contributed by atoms with Crippen LogP contribution in [-0.4, -0.2) is 42.6 Å². The monoisotopic (exact) mass is 367 g/mol. The molecule has 142 valence electrons. The molecule has 0 aliphatic carbocycles. The number of Topliss-reactive ketones (excluding diaryl/α,β-unsaturated/α-hetero) is 1. The number of hydrogen-bond donors (Lipinski definition) is 0. The van der Waals surface area contributed by atoms with Crippen molar-refractivity contribution in [1.29, 1.82) is 0 Å². The number of nitrogens with zero attached hydrogens (tertiary/aromatic N) is 3. The second-order valence-electron chi connectivity index (χ2n) is 7.33. The molecule has 0 atom stereocenters. The van der Waals surface area contributed by atoms with Crippen LogP contribution in [0.5, 0.6) is 5.75 Å². The van der Waals surface area contributed by atoms with Crippen molar-refractivity contribution in [2.45, 2.75) is 38.7 Å². The van der Waals surface area contributed by atoms with E-state index in [4.69, 9.17) is 9.47 Å². The van der Waals surface area contributed by atoms with Crippen LogP contribution in [0.15, 0.2) is 24.4 Å². The van der Waals surface area contributed by atoms with E-state index in [1.165, 1.54) is 11.1 Å². The van der Waals surface area contributed by atoms with Crippen molar-refractivity contribution >= 4 is 11.7 Å². The summed E-state index contributed by atoms with van der Waals surface area (Å²) in [5.41, 5.74) is 3.71. The molecule has 6 heteroatoms. The van der Waals surface area contributed by atoms with Gasteiger partial charge < -0.3 is 14.4 Å². The summed E-state index contributed by atoms with van der Waals surface area (Å²) in [6, 6.07) is 6.32. The molecule has 4 rings (SSSR count). The second-order valence-corrected chi connectivity index (χ2v) is 7.33. The Morgan fingerprint density at radius 1 is 1.30 bits per heavy atom. The van der Waals surface area contributed by atoms with Crippen molar-refractivity contribution in [3.63, 3.8) is 0 Å². The van der Waals surface area contributed by atoms with Gasteiger partial charge in [0.15, 0.2) is 5.78 Å². The molecule has 27 heavy (non-hydrogen) atoms. The van der Waals surface area contributed by atoms with Gasteiger partial charge in [-0.2, -0.15) is 0 Å². The van der Waals surface area contributed by atoms with Gasteiger partial charge in [-0.05, 0) is 56.4 Å². The lowest BCUT2D eigenvalue weighted by Gasteiger charge is -2.45. The maximum atomic E-state index is 11.6. The Hall–Kier alpha value is -2.47. The summed E-state index contributed by atoms with van der Waals surface area (Å²) in [6.07, 6.45) is 4.35. The number of carbonyl (C=O) groups excluding carboxylic acids is 1. The van der Waals surface area contributed by atoms with Gasteiger partial charge in [0.25, 0.3) is 0 Å². The van der Waals surface area contributed by atoms with E-state index in [1.807, 2.05) is 13.0 Å². The van der Waals surface area contributed by atoms with Gasteiger partial charge in [0.2, 0.25) is 5.95 Å². The minimum atomic E-state index is -0.231. The number of anilines is 1. The lowest BCUT2D eigenvalue weighted by atomic mass is 9.79. The van der Waals surface area contributed by atoms with E-state index >= 15 is 0 Å². The number of ketones is 1.